The van der Waals surface area contributed by atoms with Gasteiger partial charge in [-0.2, -0.15) is 0 Å². The Morgan fingerprint density at radius 1 is 1.40 bits per heavy atom. The van der Waals surface area contributed by atoms with E-state index >= 15 is 0 Å². The van der Waals surface area contributed by atoms with E-state index in [4.69, 9.17) is 0 Å². The number of rotatable bonds is 1. The van der Waals surface area contributed by atoms with E-state index in [9.17, 15) is 0 Å². The molecule has 2 heterocycles. The van der Waals surface area contributed by atoms with E-state index in [-0.39, 0.29) is 0 Å². The highest BCUT2D eigenvalue weighted by molar-refractivity contribution is 5.66. The van der Waals surface area contributed by atoms with Crippen molar-refractivity contribution in [1.29, 1.82) is 0 Å². The molecule has 0 bridgehead atoms. The van der Waals surface area contributed by atoms with Gasteiger partial charge in [0.2, 0.25) is 0 Å². The minimum Gasteiger partial charge on any atom is -0.313 e. The molecule has 15 heavy (non-hydrogen) atoms. The third kappa shape index (κ3) is 1.70. The van der Waals surface area contributed by atoms with Gasteiger partial charge in [-0.1, -0.05) is 12.1 Å². The van der Waals surface area contributed by atoms with Crippen molar-refractivity contribution >= 4 is 5.57 Å². The highest BCUT2D eigenvalue weighted by Crippen LogP contribution is 2.34. The van der Waals surface area contributed by atoms with Crippen molar-refractivity contribution in [3.63, 3.8) is 0 Å². The average molecular weight is 200 g/mol. The third-order valence-corrected chi connectivity index (χ3v) is 3.63. The largest absolute Gasteiger partial charge is 0.313 e. The second-order valence-electron chi connectivity index (χ2n) is 4.52. The summed E-state index contributed by atoms with van der Waals surface area (Å²) in [7, 11) is 0. The van der Waals surface area contributed by atoms with E-state index < -0.39 is 0 Å². The number of allylic oxidation sites excluding steroid dienone is 1. The first kappa shape index (κ1) is 9.10. The Labute approximate surface area is 90.4 Å². The van der Waals surface area contributed by atoms with Crippen LogP contribution in [0.2, 0.25) is 0 Å². The van der Waals surface area contributed by atoms with Crippen LogP contribution in [0.5, 0.6) is 0 Å². The van der Waals surface area contributed by atoms with Crippen molar-refractivity contribution in [1.82, 2.24) is 10.3 Å². The molecule has 0 unspecified atom stereocenters. The van der Waals surface area contributed by atoms with Crippen LogP contribution < -0.4 is 5.32 Å². The van der Waals surface area contributed by atoms with Gasteiger partial charge in [-0.3, -0.25) is 4.98 Å². The average Bonchev–Trinajstić information content (AvgIpc) is 2.77. The van der Waals surface area contributed by atoms with Crippen LogP contribution in [0.25, 0.3) is 5.57 Å². The number of pyridine rings is 1. The lowest BCUT2D eigenvalue weighted by atomic mass is 9.84. The van der Waals surface area contributed by atoms with Gasteiger partial charge in [0.1, 0.15) is 0 Å². The Morgan fingerprint density at radius 2 is 2.40 bits per heavy atom. The fourth-order valence-electron chi connectivity index (χ4n) is 2.75. The maximum atomic E-state index is 4.18. The van der Waals surface area contributed by atoms with Gasteiger partial charge in [-0.05, 0) is 48.9 Å². The van der Waals surface area contributed by atoms with Crippen molar-refractivity contribution in [2.75, 3.05) is 6.54 Å². The van der Waals surface area contributed by atoms with E-state index in [1.165, 1.54) is 36.9 Å². The predicted octanol–water partition coefficient (Wildman–Crippen LogP) is 2.24. The van der Waals surface area contributed by atoms with Crippen molar-refractivity contribution < 1.29 is 0 Å². The molecule has 1 aliphatic carbocycles. The molecule has 2 atom stereocenters. The zero-order chi connectivity index (χ0) is 10.1. The maximum absolute atomic E-state index is 4.18. The molecule has 0 aromatic carbocycles. The Hall–Kier alpha value is -1.15. The molecule has 1 N–H and O–H groups in total. The summed E-state index contributed by atoms with van der Waals surface area (Å²) in [6.45, 7) is 1.20. The van der Waals surface area contributed by atoms with Crippen molar-refractivity contribution in [3.05, 3.63) is 36.2 Å². The van der Waals surface area contributed by atoms with Gasteiger partial charge in [-0.25, -0.2) is 0 Å². The molecule has 0 saturated carbocycles. The lowest BCUT2D eigenvalue weighted by Crippen LogP contribution is -2.29. The first-order valence-electron chi connectivity index (χ1n) is 5.76. The van der Waals surface area contributed by atoms with Gasteiger partial charge in [0.15, 0.2) is 0 Å². The molecule has 2 aliphatic rings. The molecule has 0 radical (unpaired) electrons. The van der Waals surface area contributed by atoms with Gasteiger partial charge < -0.3 is 5.32 Å². The normalized spacial score (nSPS) is 29.7. The van der Waals surface area contributed by atoms with Gasteiger partial charge in [0.05, 0.1) is 0 Å². The fraction of sp³-hybridized carbons (Fsp3) is 0.462. The van der Waals surface area contributed by atoms with Crippen LogP contribution in [0.4, 0.5) is 0 Å². The van der Waals surface area contributed by atoms with Crippen molar-refractivity contribution in [3.8, 4) is 0 Å². The minimum atomic E-state index is 0.713. The standard InChI is InChI=1S/C13H16N2/c1-2-12(9-14-6-1)11-4-3-10-5-7-15-13(10)8-11/h1-2,4,6,9-10,13,15H,3,5,7-8H2/t10-,13-/m0/s1. The SMILES string of the molecule is C1=C(c2cccnc2)C[C@@H]2NCC[C@@H]2C1. The number of nitrogens with zero attached hydrogens (tertiary/aromatic N) is 1. The van der Waals surface area contributed by atoms with Gasteiger partial charge in [-0.15, -0.1) is 0 Å². The van der Waals surface area contributed by atoms with Gasteiger partial charge in [0.25, 0.3) is 0 Å². The van der Waals surface area contributed by atoms with Gasteiger partial charge >= 0.3 is 0 Å². The molecule has 0 spiro atoms. The minimum absolute atomic E-state index is 0.713. The van der Waals surface area contributed by atoms with E-state index in [2.05, 4.69) is 22.4 Å². The fourth-order valence-corrected chi connectivity index (χ4v) is 2.75. The molecule has 1 aromatic heterocycles. The molecule has 78 valence electrons. The highest BCUT2D eigenvalue weighted by atomic mass is 15.0. The van der Waals surface area contributed by atoms with Crippen LogP contribution in [0.3, 0.4) is 0 Å². The number of nitrogens with one attached hydrogen (secondary N) is 1. The van der Waals surface area contributed by atoms with E-state index in [1.807, 2.05) is 18.5 Å². The molecule has 2 heteroatoms. The lowest BCUT2D eigenvalue weighted by molar-refractivity contribution is 0.445. The number of hydrogen-bond donors (Lipinski definition) is 1. The monoisotopic (exact) mass is 200 g/mol. The molecule has 2 nitrogen and oxygen atoms in total. The lowest BCUT2D eigenvalue weighted by Gasteiger charge is -2.25. The molecule has 1 aromatic rings. The smallest absolute Gasteiger partial charge is 0.0342 e. The zero-order valence-corrected chi connectivity index (χ0v) is 8.82. The topological polar surface area (TPSA) is 24.9 Å². The summed E-state index contributed by atoms with van der Waals surface area (Å²) in [6, 6.07) is 4.89. The van der Waals surface area contributed by atoms with E-state index in [0.717, 1.165) is 5.92 Å². The Morgan fingerprint density at radius 3 is 3.27 bits per heavy atom. The first-order valence-corrected chi connectivity index (χ1v) is 5.76. The summed E-state index contributed by atoms with van der Waals surface area (Å²) < 4.78 is 0. The molecule has 1 fully saturated rings. The summed E-state index contributed by atoms with van der Waals surface area (Å²) in [5, 5.41) is 3.60. The summed E-state index contributed by atoms with van der Waals surface area (Å²) in [4.78, 5) is 4.18. The third-order valence-electron chi connectivity index (χ3n) is 3.63. The molecule has 3 rings (SSSR count). The molecular weight excluding hydrogens is 184 g/mol. The van der Waals surface area contributed by atoms with Crippen LogP contribution in [0, 0.1) is 5.92 Å². The molecule has 1 aliphatic heterocycles. The number of hydrogen-bond acceptors (Lipinski definition) is 2. The van der Waals surface area contributed by atoms with Gasteiger partial charge in [0, 0.05) is 18.4 Å². The second-order valence-corrected chi connectivity index (χ2v) is 4.52. The maximum Gasteiger partial charge on any atom is 0.0342 e. The molecular formula is C13H16N2. The van der Waals surface area contributed by atoms with Crippen LogP contribution >= 0.6 is 0 Å². The van der Waals surface area contributed by atoms with Crippen LogP contribution in [0.15, 0.2) is 30.6 Å². The number of fused-ring (bicyclic) bond motifs is 1. The van der Waals surface area contributed by atoms with Crippen molar-refractivity contribution in [2.24, 2.45) is 5.92 Å². The first-order chi connectivity index (χ1) is 7.43. The zero-order valence-electron chi connectivity index (χ0n) is 8.82. The van der Waals surface area contributed by atoms with Crippen LogP contribution in [-0.2, 0) is 0 Å². The van der Waals surface area contributed by atoms with E-state index in [0.29, 0.717) is 6.04 Å². The summed E-state index contributed by atoms with van der Waals surface area (Å²) >= 11 is 0. The second kappa shape index (κ2) is 3.78. The number of aromatic nitrogens is 1. The summed E-state index contributed by atoms with van der Waals surface area (Å²) in [5.74, 6) is 0.880. The Balaban J connectivity index is 1.84. The Kier molecular flexibility index (Phi) is 2.29. The molecule has 1 saturated heterocycles. The van der Waals surface area contributed by atoms with Crippen molar-refractivity contribution in [2.45, 2.75) is 25.3 Å². The summed E-state index contributed by atoms with van der Waals surface area (Å²) in [6.07, 6.45) is 9.98. The molecule has 0 amide bonds. The van der Waals surface area contributed by atoms with Crippen LogP contribution in [0.1, 0.15) is 24.8 Å². The summed E-state index contributed by atoms with van der Waals surface area (Å²) in [5.41, 5.74) is 2.77. The van der Waals surface area contributed by atoms with Crippen LogP contribution in [-0.4, -0.2) is 17.6 Å². The Bertz CT molecular complexity index is 369. The predicted molar refractivity (Wildman–Crippen MR) is 61.3 cm³/mol. The highest BCUT2D eigenvalue weighted by Gasteiger charge is 2.29. The quantitative estimate of drug-likeness (QED) is 0.752. The van der Waals surface area contributed by atoms with E-state index in [1.54, 1.807) is 0 Å².